The van der Waals surface area contributed by atoms with Crippen LogP contribution in [0.2, 0.25) is 0 Å². The molecule has 122 valence electrons. The van der Waals surface area contributed by atoms with Crippen molar-refractivity contribution >= 4 is 5.91 Å². The second-order valence-electron chi connectivity index (χ2n) is 6.61. The monoisotopic (exact) mass is 303 g/mol. The number of rotatable bonds is 6. The van der Waals surface area contributed by atoms with Crippen molar-refractivity contribution < 1.29 is 4.79 Å². The van der Waals surface area contributed by atoms with E-state index in [-0.39, 0.29) is 5.91 Å². The summed E-state index contributed by atoms with van der Waals surface area (Å²) in [5.74, 6) is 0.776. The predicted octanol–water partition coefficient (Wildman–Crippen LogP) is 1.79. The molecule has 1 amide bonds. The van der Waals surface area contributed by atoms with Gasteiger partial charge in [-0.15, -0.1) is 0 Å². The molecule has 1 aromatic carbocycles. The van der Waals surface area contributed by atoms with Crippen molar-refractivity contribution in [2.24, 2.45) is 11.7 Å². The standard InChI is InChI=1S/C18H29N3O/c1-14-8-10-21(11-9-14)15(2)13-20-18(22)17(19)12-16-6-4-3-5-7-16/h3-7,14-15,17H,8-13,19H2,1-2H3,(H,20,22). The van der Waals surface area contributed by atoms with Crippen molar-refractivity contribution in [2.75, 3.05) is 19.6 Å². The Morgan fingerprint density at radius 2 is 1.95 bits per heavy atom. The van der Waals surface area contributed by atoms with E-state index in [4.69, 9.17) is 5.73 Å². The van der Waals surface area contributed by atoms with Crippen LogP contribution in [0.1, 0.15) is 32.3 Å². The Bertz CT molecular complexity index is 455. The molecule has 1 saturated heterocycles. The molecular formula is C18H29N3O. The molecule has 1 fully saturated rings. The Hall–Kier alpha value is -1.39. The minimum Gasteiger partial charge on any atom is -0.353 e. The normalized spacial score (nSPS) is 19.6. The molecule has 3 N–H and O–H groups in total. The molecule has 1 aliphatic heterocycles. The number of hydrogen-bond acceptors (Lipinski definition) is 3. The summed E-state index contributed by atoms with van der Waals surface area (Å²) in [5, 5.41) is 3.01. The summed E-state index contributed by atoms with van der Waals surface area (Å²) in [7, 11) is 0. The molecule has 1 aromatic rings. The topological polar surface area (TPSA) is 58.4 Å². The molecule has 4 nitrogen and oxygen atoms in total. The van der Waals surface area contributed by atoms with Crippen molar-refractivity contribution in [1.82, 2.24) is 10.2 Å². The Morgan fingerprint density at radius 3 is 2.59 bits per heavy atom. The summed E-state index contributed by atoms with van der Waals surface area (Å²) >= 11 is 0. The van der Waals surface area contributed by atoms with E-state index < -0.39 is 6.04 Å². The van der Waals surface area contributed by atoms with Crippen LogP contribution in [0, 0.1) is 5.92 Å². The second kappa shape index (κ2) is 8.30. The lowest BCUT2D eigenvalue weighted by molar-refractivity contribution is -0.122. The average Bonchev–Trinajstić information content (AvgIpc) is 2.53. The number of benzene rings is 1. The summed E-state index contributed by atoms with van der Waals surface area (Å²) in [4.78, 5) is 14.6. The number of nitrogens with one attached hydrogen (secondary N) is 1. The third-order valence-electron chi connectivity index (χ3n) is 4.65. The molecule has 1 aliphatic rings. The second-order valence-corrected chi connectivity index (χ2v) is 6.61. The van der Waals surface area contributed by atoms with Gasteiger partial charge in [0.2, 0.25) is 5.91 Å². The molecule has 0 aliphatic carbocycles. The van der Waals surface area contributed by atoms with Crippen LogP contribution in [0.15, 0.2) is 30.3 Å². The highest BCUT2D eigenvalue weighted by atomic mass is 16.2. The Balaban J connectivity index is 1.72. The van der Waals surface area contributed by atoms with Gasteiger partial charge >= 0.3 is 0 Å². The molecule has 2 atom stereocenters. The number of carbonyl (C=O) groups excluding carboxylic acids is 1. The third kappa shape index (κ3) is 5.11. The Morgan fingerprint density at radius 1 is 1.32 bits per heavy atom. The van der Waals surface area contributed by atoms with Gasteiger partial charge < -0.3 is 11.1 Å². The van der Waals surface area contributed by atoms with E-state index >= 15 is 0 Å². The number of nitrogens with two attached hydrogens (primary N) is 1. The van der Waals surface area contributed by atoms with Gasteiger partial charge in [0.15, 0.2) is 0 Å². The first-order chi connectivity index (χ1) is 10.6. The number of likely N-dealkylation sites (tertiary alicyclic amines) is 1. The molecule has 1 heterocycles. The van der Waals surface area contributed by atoms with E-state index in [9.17, 15) is 4.79 Å². The van der Waals surface area contributed by atoms with Crippen LogP contribution in [-0.4, -0.2) is 42.5 Å². The highest BCUT2D eigenvalue weighted by Crippen LogP contribution is 2.17. The lowest BCUT2D eigenvalue weighted by atomic mass is 9.98. The zero-order chi connectivity index (χ0) is 15.9. The number of nitrogens with zero attached hydrogens (tertiary/aromatic N) is 1. The summed E-state index contributed by atoms with van der Waals surface area (Å²) in [6.07, 6.45) is 3.10. The molecule has 0 saturated carbocycles. The van der Waals surface area contributed by atoms with Gasteiger partial charge in [0.25, 0.3) is 0 Å². The van der Waals surface area contributed by atoms with Gasteiger partial charge in [-0.3, -0.25) is 9.69 Å². The highest BCUT2D eigenvalue weighted by molar-refractivity contribution is 5.81. The fourth-order valence-electron chi connectivity index (χ4n) is 2.94. The van der Waals surface area contributed by atoms with E-state index in [2.05, 4.69) is 24.1 Å². The minimum absolute atomic E-state index is 0.0546. The lowest BCUT2D eigenvalue weighted by Gasteiger charge is -2.35. The molecule has 0 bridgehead atoms. The van der Waals surface area contributed by atoms with Crippen molar-refractivity contribution in [3.63, 3.8) is 0 Å². The number of hydrogen-bond donors (Lipinski definition) is 2. The zero-order valence-corrected chi connectivity index (χ0v) is 13.8. The molecule has 22 heavy (non-hydrogen) atoms. The van der Waals surface area contributed by atoms with E-state index in [0.717, 1.165) is 24.6 Å². The quantitative estimate of drug-likeness (QED) is 0.842. The van der Waals surface area contributed by atoms with Crippen LogP contribution in [0.4, 0.5) is 0 Å². The van der Waals surface area contributed by atoms with Gasteiger partial charge in [-0.25, -0.2) is 0 Å². The SMILES string of the molecule is CC1CCN(C(C)CNC(=O)C(N)Cc2ccccc2)CC1. The van der Waals surface area contributed by atoms with Gasteiger partial charge in [-0.1, -0.05) is 37.3 Å². The molecule has 0 radical (unpaired) electrons. The van der Waals surface area contributed by atoms with Crippen molar-refractivity contribution in [3.05, 3.63) is 35.9 Å². The summed E-state index contributed by atoms with van der Waals surface area (Å²) < 4.78 is 0. The fourth-order valence-corrected chi connectivity index (χ4v) is 2.94. The fraction of sp³-hybridized carbons (Fsp3) is 0.611. The van der Waals surface area contributed by atoms with Gasteiger partial charge in [-0.05, 0) is 50.8 Å². The number of carbonyl (C=O) groups is 1. The summed E-state index contributed by atoms with van der Waals surface area (Å²) in [6.45, 7) is 7.43. The average molecular weight is 303 g/mol. The van der Waals surface area contributed by atoms with Gasteiger partial charge in [0, 0.05) is 12.6 Å². The van der Waals surface area contributed by atoms with E-state index in [1.54, 1.807) is 0 Å². The van der Waals surface area contributed by atoms with Crippen molar-refractivity contribution in [1.29, 1.82) is 0 Å². The van der Waals surface area contributed by atoms with Crippen LogP contribution < -0.4 is 11.1 Å². The first-order valence-electron chi connectivity index (χ1n) is 8.37. The van der Waals surface area contributed by atoms with Gasteiger partial charge in [-0.2, -0.15) is 0 Å². The van der Waals surface area contributed by atoms with E-state index in [1.165, 1.54) is 12.8 Å². The minimum atomic E-state index is -0.476. The Labute approximate surface area is 134 Å². The lowest BCUT2D eigenvalue weighted by Crippen LogP contribution is -2.49. The number of piperidine rings is 1. The molecule has 0 aromatic heterocycles. The largest absolute Gasteiger partial charge is 0.353 e. The van der Waals surface area contributed by atoms with E-state index in [0.29, 0.717) is 19.0 Å². The smallest absolute Gasteiger partial charge is 0.237 e. The maximum absolute atomic E-state index is 12.1. The van der Waals surface area contributed by atoms with Crippen molar-refractivity contribution in [2.45, 2.75) is 45.2 Å². The molecule has 2 rings (SSSR count). The Kier molecular flexibility index (Phi) is 6.40. The summed E-state index contributed by atoms with van der Waals surface area (Å²) in [5.41, 5.74) is 7.11. The van der Waals surface area contributed by atoms with Crippen LogP contribution in [0.3, 0.4) is 0 Å². The van der Waals surface area contributed by atoms with Crippen LogP contribution in [0.5, 0.6) is 0 Å². The maximum Gasteiger partial charge on any atom is 0.237 e. The first-order valence-corrected chi connectivity index (χ1v) is 8.37. The van der Waals surface area contributed by atoms with Crippen LogP contribution >= 0.6 is 0 Å². The summed E-state index contributed by atoms with van der Waals surface area (Å²) in [6, 6.07) is 9.82. The van der Waals surface area contributed by atoms with Gasteiger partial charge in [0.1, 0.15) is 0 Å². The van der Waals surface area contributed by atoms with E-state index in [1.807, 2.05) is 30.3 Å². The molecular weight excluding hydrogens is 274 g/mol. The third-order valence-corrected chi connectivity index (χ3v) is 4.65. The van der Waals surface area contributed by atoms with Crippen LogP contribution in [-0.2, 0) is 11.2 Å². The zero-order valence-electron chi connectivity index (χ0n) is 13.8. The molecule has 4 heteroatoms. The highest BCUT2D eigenvalue weighted by Gasteiger charge is 2.21. The van der Waals surface area contributed by atoms with Crippen molar-refractivity contribution in [3.8, 4) is 0 Å². The van der Waals surface area contributed by atoms with Crippen LogP contribution in [0.25, 0.3) is 0 Å². The van der Waals surface area contributed by atoms with Gasteiger partial charge in [0.05, 0.1) is 6.04 Å². The maximum atomic E-state index is 12.1. The molecule has 2 unspecified atom stereocenters. The number of amides is 1. The first kappa shape index (κ1) is 17.0. The predicted molar refractivity (Wildman–Crippen MR) is 90.6 cm³/mol. The molecule has 0 spiro atoms.